The minimum absolute atomic E-state index is 0.153. The third-order valence-corrected chi connectivity index (χ3v) is 6.26. The highest BCUT2D eigenvalue weighted by Gasteiger charge is 2.35. The van der Waals surface area contributed by atoms with E-state index in [2.05, 4.69) is 0 Å². The van der Waals surface area contributed by atoms with Gasteiger partial charge in [0.05, 0.1) is 43.4 Å². The van der Waals surface area contributed by atoms with Crippen molar-refractivity contribution >= 4 is 17.9 Å². The van der Waals surface area contributed by atoms with Gasteiger partial charge in [0.2, 0.25) is 0 Å². The fourth-order valence-corrected chi connectivity index (χ4v) is 3.52. The number of hydrogen-bond acceptors (Lipinski definition) is 9. The van der Waals surface area contributed by atoms with Gasteiger partial charge in [-0.2, -0.15) is 0 Å². The molecule has 0 aliphatic heterocycles. The molecule has 0 amide bonds. The van der Waals surface area contributed by atoms with Crippen LogP contribution in [0.25, 0.3) is 0 Å². The van der Waals surface area contributed by atoms with Crippen LogP contribution in [0.3, 0.4) is 0 Å². The second kappa shape index (κ2) is 13.9. The minimum Gasteiger partial charge on any atom is -0.497 e. The quantitative estimate of drug-likeness (QED) is 0.221. The maximum absolute atomic E-state index is 12.7. The fraction of sp³-hybridized carbons (Fsp3) is 0.300. The number of rotatable bonds is 13. The molecule has 0 aliphatic rings. The van der Waals surface area contributed by atoms with Gasteiger partial charge in [0, 0.05) is 0 Å². The molecule has 9 heteroatoms. The first-order valence-corrected chi connectivity index (χ1v) is 12.3. The summed E-state index contributed by atoms with van der Waals surface area (Å²) in [6.07, 6.45) is 0.384. The minimum atomic E-state index is -0.994. The molecule has 0 fully saturated rings. The summed E-state index contributed by atoms with van der Waals surface area (Å²) in [7, 11) is 4.59. The first-order chi connectivity index (χ1) is 18.8. The van der Waals surface area contributed by atoms with Crippen molar-refractivity contribution in [2.45, 2.75) is 13.3 Å². The molecule has 3 rings (SSSR count). The first kappa shape index (κ1) is 29.0. The average Bonchev–Trinajstić information content (AvgIpc) is 3.00. The second-order valence-electron chi connectivity index (χ2n) is 8.77. The zero-order chi connectivity index (χ0) is 28.3. The van der Waals surface area contributed by atoms with E-state index in [0.717, 1.165) is 0 Å². The number of hydrogen-bond donors (Lipinski definition) is 0. The van der Waals surface area contributed by atoms with E-state index in [1.807, 2.05) is 6.92 Å². The molecule has 39 heavy (non-hydrogen) atoms. The lowest BCUT2D eigenvalue weighted by Crippen LogP contribution is -2.39. The monoisotopic (exact) mass is 536 g/mol. The van der Waals surface area contributed by atoms with Crippen molar-refractivity contribution in [2.75, 3.05) is 41.2 Å². The summed E-state index contributed by atoms with van der Waals surface area (Å²) in [4.78, 5) is 38.2. The summed E-state index contributed by atoms with van der Waals surface area (Å²) in [6, 6.07) is 19.4. The van der Waals surface area contributed by atoms with Gasteiger partial charge in [-0.3, -0.25) is 0 Å². The van der Waals surface area contributed by atoms with E-state index in [1.165, 1.54) is 21.3 Å². The van der Waals surface area contributed by atoms with Crippen molar-refractivity contribution in [1.82, 2.24) is 0 Å². The normalized spacial score (nSPS) is 10.8. The molecule has 0 N–H and O–H groups in total. The second-order valence-corrected chi connectivity index (χ2v) is 8.77. The number of carbonyl (C=O) groups excluding carboxylic acids is 3. The molecule has 3 aromatic carbocycles. The van der Waals surface area contributed by atoms with Gasteiger partial charge >= 0.3 is 17.9 Å². The van der Waals surface area contributed by atoms with E-state index in [4.69, 9.17) is 28.4 Å². The Morgan fingerprint density at radius 3 is 0.974 bits per heavy atom. The van der Waals surface area contributed by atoms with Crippen molar-refractivity contribution in [1.29, 1.82) is 0 Å². The first-order valence-electron chi connectivity index (χ1n) is 12.3. The van der Waals surface area contributed by atoms with E-state index in [-0.39, 0.29) is 19.8 Å². The number of ether oxygens (including phenoxy) is 6. The predicted molar refractivity (Wildman–Crippen MR) is 143 cm³/mol. The van der Waals surface area contributed by atoms with Crippen LogP contribution in [0.4, 0.5) is 0 Å². The Balaban J connectivity index is 1.73. The lowest BCUT2D eigenvalue weighted by molar-refractivity contribution is -0.0381. The van der Waals surface area contributed by atoms with E-state index in [0.29, 0.717) is 40.4 Å². The molecule has 0 heterocycles. The van der Waals surface area contributed by atoms with Crippen molar-refractivity contribution in [3.8, 4) is 17.2 Å². The smallest absolute Gasteiger partial charge is 0.338 e. The summed E-state index contributed by atoms with van der Waals surface area (Å²) in [5.41, 5.74) is -0.0179. The third-order valence-electron chi connectivity index (χ3n) is 6.26. The Labute approximate surface area is 227 Å². The van der Waals surface area contributed by atoms with Crippen LogP contribution in [-0.4, -0.2) is 59.1 Å². The van der Waals surface area contributed by atoms with Gasteiger partial charge < -0.3 is 28.4 Å². The zero-order valence-electron chi connectivity index (χ0n) is 22.4. The molecular weight excluding hydrogens is 504 g/mol. The van der Waals surface area contributed by atoms with E-state index in [1.54, 1.807) is 72.8 Å². The molecule has 206 valence electrons. The van der Waals surface area contributed by atoms with Gasteiger partial charge in [-0.05, 0) is 79.2 Å². The summed E-state index contributed by atoms with van der Waals surface area (Å²) < 4.78 is 32.2. The lowest BCUT2D eigenvalue weighted by atomic mass is 9.88. The van der Waals surface area contributed by atoms with Gasteiger partial charge in [0.1, 0.15) is 37.1 Å². The van der Waals surface area contributed by atoms with Crippen LogP contribution in [0.1, 0.15) is 44.4 Å². The summed E-state index contributed by atoms with van der Waals surface area (Å²) in [6.45, 7) is 1.38. The Morgan fingerprint density at radius 2 is 0.769 bits per heavy atom. The van der Waals surface area contributed by atoms with Crippen LogP contribution >= 0.6 is 0 Å². The summed E-state index contributed by atoms with van der Waals surface area (Å²) in [5.74, 6) is 0.0938. The number of benzene rings is 3. The van der Waals surface area contributed by atoms with Crippen LogP contribution in [0.5, 0.6) is 17.2 Å². The number of methoxy groups -OCH3 is 3. The van der Waals surface area contributed by atoms with Gasteiger partial charge in [-0.25, -0.2) is 14.4 Å². The molecule has 0 unspecified atom stereocenters. The molecule has 0 spiro atoms. The van der Waals surface area contributed by atoms with Crippen LogP contribution in [0.15, 0.2) is 72.8 Å². The zero-order valence-corrected chi connectivity index (χ0v) is 22.4. The largest absolute Gasteiger partial charge is 0.497 e. The predicted octanol–water partition coefficient (Wildman–Crippen LogP) is 4.98. The highest BCUT2D eigenvalue weighted by Crippen LogP contribution is 2.27. The Kier molecular flexibility index (Phi) is 10.3. The standard InChI is InChI=1S/C30H32O9/c1-5-30(18-37-27(31)21-6-12-24(34-2)13-7-21,19-38-28(32)22-8-14-25(35-3)15-9-22)20-39-29(33)23-10-16-26(36-4)17-11-23/h6-17H,5,18-20H2,1-4H3. The van der Waals surface area contributed by atoms with Crippen molar-refractivity contribution in [3.05, 3.63) is 89.5 Å². The fourth-order valence-electron chi connectivity index (χ4n) is 3.52. The van der Waals surface area contributed by atoms with Crippen LogP contribution < -0.4 is 14.2 Å². The topological polar surface area (TPSA) is 107 Å². The molecule has 0 radical (unpaired) electrons. The molecule has 0 saturated carbocycles. The lowest BCUT2D eigenvalue weighted by Gasteiger charge is -2.31. The number of esters is 3. The van der Waals surface area contributed by atoms with Crippen molar-refractivity contribution in [3.63, 3.8) is 0 Å². The van der Waals surface area contributed by atoms with Crippen LogP contribution in [0.2, 0.25) is 0 Å². The van der Waals surface area contributed by atoms with Gasteiger partial charge in [-0.15, -0.1) is 0 Å². The Bertz CT molecular complexity index is 1080. The molecule has 0 bridgehead atoms. The van der Waals surface area contributed by atoms with E-state index >= 15 is 0 Å². The molecular formula is C30H32O9. The van der Waals surface area contributed by atoms with Gasteiger partial charge in [-0.1, -0.05) is 6.92 Å². The molecule has 0 aromatic heterocycles. The molecule has 0 saturated heterocycles. The molecule has 3 aromatic rings. The maximum atomic E-state index is 12.7. The highest BCUT2D eigenvalue weighted by atomic mass is 16.6. The molecule has 0 aliphatic carbocycles. The van der Waals surface area contributed by atoms with E-state index in [9.17, 15) is 14.4 Å². The maximum Gasteiger partial charge on any atom is 0.338 e. The highest BCUT2D eigenvalue weighted by molar-refractivity contribution is 5.90. The van der Waals surface area contributed by atoms with E-state index < -0.39 is 23.3 Å². The summed E-state index contributed by atoms with van der Waals surface area (Å²) >= 11 is 0. The van der Waals surface area contributed by atoms with Gasteiger partial charge in [0.15, 0.2) is 0 Å². The summed E-state index contributed by atoms with van der Waals surface area (Å²) in [5, 5.41) is 0. The van der Waals surface area contributed by atoms with Crippen LogP contribution in [0, 0.1) is 5.41 Å². The SMILES string of the molecule is CCC(COC(=O)c1ccc(OC)cc1)(COC(=O)c1ccc(OC)cc1)COC(=O)c1ccc(OC)cc1. The van der Waals surface area contributed by atoms with Crippen molar-refractivity contribution in [2.24, 2.45) is 5.41 Å². The third kappa shape index (κ3) is 7.98. The van der Waals surface area contributed by atoms with Crippen molar-refractivity contribution < 1.29 is 42.8 Å². The average molecular weight is 537 g/mol. The molecule has 0 atom stereocenters. The number of carbonyl (C=O) groups is 3. The Hall–Kier alpha value is -4.53. The van der Waals surface area contributed by atoms with Crippen LogP contribution in [-0.2, 0) is 14.2 Å². The van der Waals surface area contributed by atoms with Gasteiger partial charge in [0.25, 0.3) is 0 Å². The molecule has 9 nitrogen and oxygen atoms in total. The Morgan fingerprint density at radius 1 is 0.513 bits per heavy atom.